The van der Waals surface area contributed by atoms with Gasteiger partial charge in [0.15, 0.2) is 0 Å². The van der Waals surface area contributed by atoms with Gasteiger partial charge >= 0.3 is 0 Å². The molecule has 78 valence electrons. The smallest absolute Gasteiger partial charge is 0.222 e. The number of nitrogens with zero attached hydrogens (tertiary/aromatic N) is 2. The maximum Gasteiger partial charge on any atom is 0.222 e. The van der Waals surface area contributed by atoms with E-state index in [9.17, 15) is 0 Å². The minimum absolute atomic E-state index is 0.666. The van der Waals surface area contributed by atoms with Gasteiger partial charge in [-0.3, -0.25) is 0 Å². The predicted molar refractivity (Wildman–Crippen MR) is 64.3 cm³/mol. The average Bonchev–Trinajstić information content (AvgIpc) is 2.78. The van der Waals surface area contributed by atoms with Crippen LogP contribution in [-0.4, -0.2) is 17.0 Å². The fraction of sp³-hybridized carbons (Fsp3) is 0.273. The molecule has 2 heterocycles. The highest BCUT2D eigenvalue weighted by Crippen LogP contribution is 2.26. The third-order valence-corrected chi connectivity index (χ3v) is 3.39. The molecule has 0 amide bonds. The van der Waals surface area contributed by atoms with Gasteiger partial charge in [0.25, 0.3) is 0 Å². The molecule has 0 unspecified atom stereocenters. The van der Waals surface area contributed by atoms with Crippen molar-refractivity contribution in [3.63, 3.8) is 0 Å². The van der Waals surface area contributed by atoms with E-state index in [4.69, 9.17) is 0 Å². The Morgan fingerprint density at radius 3 is 2.87 bits per heavy atom. The lowest BCUT2D eigenvalue weighted by atomic mass is 10.3. The minimum Gasteiger partial charge on any atom is -0.357 e. The first-order valence-corrected chi connectivity index (χ1v) is 5.75. The first kappa shape index (κ1) is 10.1. The third kappa shape index (κ3) is 2.15. The van der Waals surface area contributed by atoms with Gasteiger partial charge in [0.1, 0.15) is 0 Å². The van der Waals surface area contributed by atoms with Crippen LogP contribution in [0.1, 0.15) is 11.8 Å². The maximum absolute atomic E-state index is 4.40. The summed E-state index contributed by atoms with van der Waals surface area (Å²) in [7, 11) is 1.82. The first-order valence-electron chi connectivity index (χ1n) is 4.93. The van der Waals surface area contributed by atoms with E-state index in [2.05, 4.69) is 34.3 Å². The van der Waals surface area contributed by atoms with Crippen LogP contribution >= 0.6 is 11.3 Å². The third-order valence-electron chi connectivity index (χ3n) is 2.14. The van der Waals surface area contributed by atoms with Crippen molar-refractivity contribution in [2.75, 3.05) is 12.4 Å². The van der Waals surface area contributed by atoms with E-state index in [-0.39, 0.29) is 0 Å². The van der Waals surface area contributed by atoms with Crippen LogP contribution in [0.15, 0.2) is 24.4 Å². The lowest BCUT2D eigenvalue weighted by Gasteiger charge is -1.99. The highest BCUT2D eigenvalue weighted by atomic mass is 32.1. The Morgan fingerprint density at radius 1 is 1.33 bits per heavy atom. The van der Waals surface area contributed by atoms with E-state index in [1.807, 2.05) is 13.1 Å². The SMILES string of the molecule is CCc1ccc(-c2ccnc(NC)n2)s1. The van der Waals surface area contributed by atoms with Crippen LogP contribution in [0.4, 0.5) is 5.95 Å². The zero-order valence-corrected chi connectivity index (χ0v) is 9.64. The molecule has 0 radical (unpaired) electrons. The quantitative estimate of drug-likeness (QED) is 0.862. The lowest BCUT2D eigenvalue weighted by molar-refractivity contribution is 1.16. The molecule has 0 aliphatic carbocycles. The molecule has 0 fully saturated rings. The van der Waals surface area contributed by atoms with Gasteiger partial charge < -0.3 is 5.32 Å². The van der Waals surface area contributed by atoms with Gasteiger partial charge in [-0.15, -0.1) is 11.3 Å². The van der Waals surface area contributed by atoms with E-state index >= 15 is 0 Å². The summed E-state index contributed by atoms with van der Waals surface area (Å²) in [6.07, 6.45) is 2.86. The van der Waals surface area contributed by atoms with Gasteiger partial charge in [-0.2, -0.15) is 0 Å². The summed E-state index contributed by atoms with van der Waals surface area (Å²) < 4.78 is 0. The molecule has 1 N–H and O–H groups in total. The van der Waals surface area contributed by atoms with Crippen molar-refractivity contribution in [1.82, 2.24) is 9.97 Å². The van der Waals surface area contributed by atoms with E-state index in [1.54, 1.807) is 17.5 Å². The largest absolute Gasteiger partial charge is 0.357 e. The van der Waals surface area contributed by atoms with Gasteiger partial charge in [0.2, 0.25) is 5.95 Å². The van der Waals surface area contributed by atoms with E-state index < -0.39 is 0 Å². The highest BCUT2D eigenvalue weighted by Gasteiger charge is 2.04. The molecular formula is C11H13N3S. The summed E-state index contributed by atoms with van der Waals surface area (Å²) in [5, 5.41) is 2.94. The molecule has 2 aromatic heterocycles. The summed E-state index contributed by atoms with van der Waals surface area (Å²) in [6, 6.07) is 6.21. The van der Waals surface area contributed by atoms with E-state index in [1.165, 1.54) is 9.75 Å². The molecule has 2 rings (SSSR count). The van der Waals surface area contributed by atoms with Crippen LogP contribution < -0.4 is 5.32 Å². The molecule has 0 aliphatic heterocycles. The number of thiophene rings is 1. The van der Waals surface area contributed by atoms with E-state index in [0.717, 1.165) is 12.1 Å². The van der Waals surface area contributed by atoms with Gasteiger partial charge in [0, 0.05) is 18.1 Å². The Morgan fingerprint density at radius 2 is 2.20 bits per heavy atom. The van der Waals surface area contributed by atoms with Crippen molar-refractivity contribution >= 4 is 17.3 Å². The predicted octanol–water partition coefficient (Wildman–Crippen LogP) is 2.81. The molecule has 0 aliphatic rings. The Labute approximate surface area is 93.2 Å². The molecule has 0 bridgehead atoms. The fourth-order valence-corrected chi connectivity index (χ4v) is 2.24. The lowest BCUT2D eigenvalue weighted by Crippen LogP contribution is -1.95. The topological polar surface area (TPSA) is 37.8 Å². The average molecular weight is 219 g/mol. The van der Waals surface area contributed by atoms with Crippen LogP contribution in [0.3, 0.4) is 0 Å². The number of hydrogen-bond donors (Lipinski definition) is 1. The molecule has 4 heteroatoms. The van der Waals surface area contributed by atoms with Crippen LogP contribution in [0.25, 0.3) is 10.6 Å². The molecule has 0 spiro atoms. The summed E-state index contributed by atoms with van der Waals surface area (Å²) >= 11 is 1.79. The molecule has 3 nitrogen and oxygen atoms in total. The van der Waals surface area contributed by atoms with Crippen LogP contribution in [0.2, 0.25) is 0 Å². The van der Waals surface area contributed by atoms with Gasteiger partial charge in [-0.1, -0.05) is 6.92 Å². The fourth-order valence-electron chi connectivity index (χ4n) is 1.32. The summed E-state index contributed by atoms with van der Waals surface area (Å²) in [5.41, 5.74) is 0.985. The Balaban J connectivity index is 2.35. The van der Waals surface area contributed by atoms with Gasteiger partial charge in [-0.25, -0.2) is 9.97 Å². The van der Waals surface area contributed by atoms with Gasteiger partial charge in [0.05, 0.1) is 10.6 Å². The zero-order chi connectivity index (χ0) is 10.7. The summed E-state index contributed by atoms with van der Waals surface area (Å²) in [6.45, 7) is 2.16. The minimum atomic E-state index is 0.666. The van der Waals surface area contributed by atoms with Crippen molar-refractivity contribution in [1.29, 1.82) is 0 Å². The van der Waals surface area contributed by atoms with Crippen LogP contribution in [0, 0.1) is 0 Å². The Bertz CT molecular complexity index is 451. The first-order chi connectivity index (χ1) is 7.33. The number of aromatic nitrogens is 2. The molecule has 0 atom stereocenters. The molecule has 0 saturated heterocycles. The van der Waals surface area contributed by atoms with Gasteiger partial charge in [-0.05, 0) is 24.6 Å². The second-order valence-electron chi connectivity index (χ2n) is 3.14. The van der Waals surface area contributed by atoms with Crippen LogP contribution in [-0.2, 0) is 6.42 Å². The van der Waals surface area contributed by atoms with Crippen molar-refractivity contribution in [2.45, 2.75) is 13.3 Å². The summed E-state index contributed by atoms with van der Waals surface area (Å²) in [5.74, 6) is 0.666. The zero-order valence-electron chi connectivity index (χ0n) is 8.82. The van der Waals surface area contributed by atoms with Crippen molar-refractivity contribution in [2.24, 2.45) is 0 Å². The summed E-state index contributed by atoms with van der Waals surface area (Å²) in [4.78, 5) is 11.1. The highest BCUT2D eigenvalue weighted by molar-refractivity contribution is 7.15. The van der Waals surface area contributed by atoms with Crippen molar-refractivity contribution < 1.29 is 0 Å². The normalized spacial score (nSPS) is 10.3. The number of rotatable bonds is 3. The monoisotopic (exact) mass is 219 g/mol. The van der Waals surface area contributed by atoms with Crippen molar-refractivity contribution in [3.05, 3.63) is 29.3 Å². The van der Waals surface area contributed by atoms with E-state index in [0.29, 0.717) is 5.95 Å². The van der Waals surface area contributed by atoms with Crippen molar-refractivity contribution in [3.8, 4) is 10.6 Å². The Kier molecular flexibility index (Phi) is 2.97. The molecule has 15 heavy (non-hydrogen) atoms. The number of aryl methyl sites for hydroxylation is 1. The standard InChI is InChI=1S/C11H13N3S/c1-3-8-4-5-10(15-8)9-6-7-13-11(12-2)14-9/h4-7H,3H2,1-2H3,(H,12,13,14). The number of nitrogens with one attached hydrogen (secondary N) is 1. The number of hydrogen-bond acceptors (Lipinski definition) is 4. The molecule has 0 saturated carbocycles. The molecule has 2 aromatic rings. The molecule has 0 aromatic carbocycles. The Hall–Kier alpha value is -1.42. The molecular weight excluding hydrogens is 206 g/mol. The second kappa shape index (κ2) is 4.40. The van der Waals surface area contributed by atoms with Crippen LogP contribution in [0.5, 0.6) is 0 Å². The number of anilines is 1. The second-order valence-corrected chi connectivity index (χ2v) is 4.30. The maximum atomic E-state index is 4.40.